The lowest BCUT2D eigenvalue weighted by Crippen LogP contribution is -2.54. The molecular formula is C21H26N4O4. The average Bonchev–Trinajstić information content (AvgIpc) is 2.76. The molecule has 0 aromatic carbocycles. The molecule has 0 aliphatic carbocycles. The van der Waals surface area contributed by atoms with Gasteiger partial charge < -0.3 is 15.7 Å². The minimum absolute atomic E-state index is 0.184. The van der Waals surface area contributed by atoms with E-state index in [1.54, 1.807) is 49.5 Å². The molecule has 0 saturated carbocycles. The number of nitrogens with zero attached hydrogens (tertiary/aromatic N) is 2. The number of hydrogen-bond donors (Lipinski definition) is 3. The van der Waals surface area contributed by atoms with E-state index in [1.165, 1.54) is 6.20 Å². The maximum atomic E-state index is 12.4. The van der Waals surface area contributed by atoms with E-state index in [-0.39, 0.29) is 18.0 Å². The van der Waals surface area contributed by atoms with Crippen LogP contribution in [0.25, 0.3) is 0 Å². The molecule has 0 bridgehead atoms. The number of carbonyl (C=O) groups excluding carboxylic acids is 2. The van der Waals surface area contributed by atoms with Gasteiger partial charge >= 0.3 is 5.97 Å². The zero-order chi connectivity index (χ0) is 21.1. The van der Waals surface area contributed by atoms with Crippen LogP contribution in [-0.2, 0) is 4.79 Å². The van der Waals surface area contributed by atoms with Crippen molar-refractivity contribution in [3.8, 4) is 0 Å². The first-order valence-electron chi connectivity index (χ1n) is 9.64. The highest BCUT2D eigenvalue weighted by molar-refractivity contribution is 5.96. The van der Waals surface area contributed by atoms with E-state index in [4.69, 9.17) is 0 Å². The van der Waals surface area contributed by atoms with Crippen molar-refractivity contribution in [3.05, 3.63) is 60.2 Å². The third kappa shape index (κ3) is 6.38. The highest BCUT2D eigenvalue weighted by Gasteiger charge is 2.38. The molecule has 3 N–H and O–H groups in total. The van der Waals surface area contributed by atoms with Gasteiger partial charge in [0, 0.05) is 18.9 Å². The van der Waals surface area contributed by atoms with Crippen molar-refractivity contribution in [3.63, 3.8) is 0 Å². The van der Waals surface area contributed by atoms with Crippen LogP contribution >= 0.6 is 0 Å². The fourth-order valence-electron chi connectivity index (χ4n) is 2.94. The summed E-state index contributed by atoms with van der Waals surface area (Å²) in [5, 5.41) is 15.2. The molecule has 1 unspecified atom stereocenters. The van der Waals surface area contributed by atoms with Gasteiger partial charge in [0.25, 0.3) is 11.8 Å². The van der Waals surface area contributed by atoms with Gasteiger partial charge in [0.2, 0.25) is 0 Å². The molecule has 154 valence electrons. The summed E-state index contributed by atoms with van der Waals surface area (Å²) >= 11 is 0. The Labute approximate surface area is 169 Å². The molecule has 0 aliphatic rings. The second kappa shape index (κ2) is 10.9. The first-order valence-corrected chi connectivity index (χ1v) is 9.64. The molecule has 29 heavy (non-hydrogen) atoms. The molecular weight excluding hydrogens is 372 g/mol. The summed E-state index contributed by atoms with van der Waals surface area (Å²) in [6.07, 6.45) is 5.63. The zero-order valence-electron chi connectivity index (χ0n) is 16.4. The Morgan fingerprint density at radius 2 is 1.55 bits per heavy atom. The quantitative estimate of drug-likeness (QED) is 0.500. The maximum absolute atomic E-state index is 12.4. The number of rotatable bonds is 11. The summed E-state index contributed by atoms with van der Waals surface area (Å²) < 4.78 is 0. The van der Waals surface area contributed by atoms with Crippen LogP contribution in [0.5, 0.6) is 0 Å². The van der Waals surface area contributed by atoms with Gasteiger partial charge in [-0.25, -0.2) is 4.79 Å². The SMILES string of the molecule is CCC(CCCCCNC(=O)c1ccccn1)(NC(=O)c1ccccn1)C(=O)O. The Bertz CT molecular complexity index is 814. The van der Waals surface area contributed by atoms with E-state index in [2.05, 4.69) is 20.6 Å². The van der Waals surface area contributed by atoms with Crippen LogP contribution in [0.3, 0.4) is 0 Å². The molecule has 1 atom stereocenters. The van der Waals surface area contributed by atoms with E-state index < -0.39 is 17.4 Å². The molecule has 0 spiro atoms. The molecule has 0 saturated heterocycles. The molecule has 8 heteroatoms. The summed E-state index contributed by atoms with van der Waals surface area (Å²) in [5.74, 6) is -1.80. The lowest BCUT2D eigenvalue weighted by molar-refractivity contribution is -0.145. The fourth-order valence-corrected chi connectivity index (χ4v) is 2.94. The zero-order valence-corrected chi connectivity index (χ0v) is 16.4. The predicted molar refractivity (Wildman–Crippen MR) is 107 cm³/mol. The van der Waals surface area contributed by atoms with E-state index in [1.807, 2.05) is 0 Å². The fraction of sp³-hybridized carbons (Fsp3) is 0.381. The van der Waals surface area contributed by atoms with Gasteiger partial charge in [-0.15, -0.1) is 0 Å². The van der Waals surface area contributed by atoms with E-state index >= 15 is 0 Å². The molecule has 0 aliphatic heterocycles. The van der Waals surface area contributed by atoms with Gasteiger partial charge in [-0.05, 0) is 43.5 Å². The standard InChI is InChI=1S/C21H26N4O4/c1-2-21(20(28)29,25-19(27)17-11-5-9-14-23-17)12-6-3-7-15-24-18(26)16-10-4-8-13-22-16/h4-5,8-11,13-14H,2-3,6-7,12,15H2,1H3,(H,24,26)(H,25,27)(H,28,29). The number of amides is 2. The van der Waals surface area contributed by atoms with Crippen molar-refractivity contribution in [1.82, 2.24) is 20.6 Å². The summed E-state index contributed by atoms with van der Waals surface area (Å²) in [7, 11) is 0. The van der Waals surface area contributed by atoms with Gasteiger partial charge in [-0.1, -0.05) is 31.9 Å². The van der Waals surface area contributed by atoms with Crippen LogP contribution in [0.15, 0.2) is 48.8 Å². The molecule has 2 rings (SSSR count). The van der Waals surface area contributed by atoms with Gasteiger partial charge in [0.05, 0.1) is 0 Å². The van der Waals surface area contributed by atoms with E-state index in [0.717, 1.165) is 6.42 Å². The normalized spacial score (nSPS) is 12.6. The third-order valence-electron chi connectivity index (χ3n) is 4.73. The van der Waals surface area contributed by atoms with Crippen molar-refractivity contribution >= 4 is 17.8 Å². The van der Waals surface area contributed by atoms with Crippen LogP contribution in [-0.4, -0.2) is 44.9 Å². The molecule has 2 amide bonds. The largest absolute Gasteiger partial charge is 0.480 e. The van der Waals surface area contributed by atoms with Gasteiger partial charge in [-0.3, -0.25) is 19.6 Å². The molecule has 2 aromatic heterocycles. The number of carbonyl (C=O) groups is 3. The highest BCUT2D eigenvalue weighted by Crippen LogP contribution is 2.20. The van der Waals surface area contributed by atoms with Crippen molar-refractivity contribution in [2.45, 2.75) is 44.6 Å². The van der Waals surface area contributed by atoms with Crippen LogP contribution in [0.2, 0.25) is 0 Å². The Morgan fingerprint density at radius 1 is 0.931 bits per heavy atom. The van der Waals surface area contributed by atoms with Crippen molar-refractivity contribution < 1.29 is 19.5 Å². The number of aliphatic carboxylic acids is 1. The Balaban J connectivity index is 1.80. The van der Waals surface area contributed by atoms with Crippen LogP contribution in [0.4, 0.5) is 0 Å². The Hall–Kier alpha value is -3.29. The Morgan fingerprint density at radius 3 is 2.07 bits per heavy atom. The second-order valence-electron chi connectivity index (χ2n) is 6.69. The third-order valence-corrected chi connectivity index (χ3v) is 4.73. The summed E-state index contributed by atoms with van der Waals surface area (Å²) in [4.78, 5) is 44.1. The topological polar surface area (TPSA) is 121 Å². The number of carboxylic acids is 1. The maximum Gasteiger partial charge on any atom is 0.329 e. The molecule has 8 nitrogen and oxygen atoms in total. The number of unbranched alkanes of at least 4 members (excludes halogenated alkanes) is 2. The van der Waals surface area contributed by atoms with Crippen LogP contribution < -0.4 is 10.6 Å². The molecule has 0 radical (unpaired) electrons. The average molecular weight is 398 g/mol. The smallest absolute Gasteiger partial charge is 0.329 e. The number of nitrogens with one attached hydrogen (secondary N) is 2. The molecule has 2 aromatic rings. The number of hydrogen-bond acceptors (Lipinski definition) is 5. The van der Waals surface area contributed by atoms with E-state index in [9.17, 15) is 19.5 Å². The molecule has 2 heterocycles. The van der Waals surface area contributed by atoms with Crippen molar-refractivity contribution in [2.24, 2.45) is 0 Å². The number of aromatic nitrogens is 2. The lowest BCUT2D eigenvalue weighted by Gasteiger charge is -2.29. The summed E-state index contributed by atoms with van der Waals surface area (Å²) in [6, 6.07) is 10.0. The Kier molecular flexibility index (Phi) is 8.27. The first-order chi connectivity index (χ1) is 14.0. The minimum atomic E-state index is -1.34. The van der Waals surface area contributed by atoms with Crippen molar-refractivity contribution in [2.75, 3.05) is 6.54 Å². The first kappa shape index (κ1) is 22.0. The number of pyridine rings is 2. The number of carboxylic acid groups (broad SMARTS) is 1. The van der Waals surface area contributed by atoms with Gasteiger partial charge in [-0.2, -0.15) is 0 Å². The predicted octanol–water partition coefficient (Wildman–Crippen LogP) is 2.43. The summed E-state index contributed by atoms with van der Waals surface area (Å²) in [5.41, 5.74) is -0.796. The second-order valence-corrected chi connectivity index (χ2v) is 6.69. The summed E-state index contributed by atoms with van der Waals surface area (Å²) in [6.45, 7) is 2.21. The van der Waals surface area contributed by atoms with Crippen molar-refractivity contribution in [1.29, 1.82) is 0 Å². The lowest BCUT2D eigenvalue weighted by atomic mass is 9.89. The highest BCUT2D eigenvalue weighted by atomic mass is 16.4. The van der Waals surface area contributed by atoms with Gasteiger partial charge in [0.1, 0.15) is 16.9 Å². The molecule has 0 fully saturated rings. The van der Waals surface area contributed by atoms with Gasteiger partial charge in [0.15, 0.2) is 0 Å². The minimum Gasteiger partial charge on any atom is -0.480 e. The van der Waals surface area contributed by atoms with E-state index in [0.29, 0.717) is 31.5 Å². The van der Waals surface area contributed by atoms with Crippen LogP contribution in [0.1, 0.15) is 60.0 Å². The monoisotopic (exact) mass is 398 g/mol. The van der Waals surface area contributed by atoms with Crippen LogP contribution in [0, 0.1) is 0 Å².